The van der Waals surface area contributed by atoms with Gasteiger partial charge in [-0.1, -0.05) is 25.0 Å². The number of allylic oxidation sites excluding steroid dienone is 1. The lowest BCUT2D eigenvalue weighted by molar-refractivity contribution is -0.145. The predicted octanol–water partition coefficient (Wildman–Crippen LogP) is 5.05. The fraction of sp³-hybridized carbons (Fsp3) is 0.500. The van der Waals surface area contributed by atoms with E-state index >= 15 is 0 Å². The Labute approximate surface area is 316 Å². The minimum atomic E-state index is -1.48. The minimum Gasteiger partial charge on any atom is -0.497 e. The number of nitrogens with zero attached hydrogens (tertiary/aromatic N) is 3. The number of carbonyl (C=O) groups excluding carboxylic acids is 4. The maximum absolute atomic E-state index is 14.4. The van der Waals surface area contributed by atoms with Crippen LogP contribution in [0.15, 0.2) is 41.8 Å². The lowest BCUT2D eigenvalue weighted by Gasteiger charge is -2.30. The Bertz CT molecular complexity index is 1980. The maximum atomic E-state index is 14.4. The van der Waals surface area contributed by atoms with Gasteiger partial charge in [0, 0.05) is 42.2 Å². The zero-order chi connectivity index (χ0) is 38.8. The van der Waals surface area contributed by atoms with Gasteiger partial charge in [-0.05, 0) is 58.6 Å². The van der Waals surface area contributed by atoms with Gasteiger partial charge in [0.1, 0.15) is 46.5 Å². The second kappa shape index (κ2) is 15.6. The number of benzene rings is 1. The van der Waals surface area contributed by atoms with E-state index in [0.717, 1.165) is 19.3 Å². The largest absolute Gasteiger partial charge is 0.497 e. The normalized spacial score (nSPS) is 24.6. The third-order valence-electron chi connectivity index (χ3n) is 9.63. The third kappa shape index (κ3) is 8.75. The summed E-state index contributed by atoms with van der Waals surface area (Å²) in [5.41, 5.74) is -0.793. The molecule has 1 saturated carbocycles. The number of aliphatic carboxylic acids is 1. The molecule has 1 aliphatic carbocycles. The van der Waals surface area contributed by atoms with Gasteiger partial charge in [-0.15, -0.1) is 11.3 Å². The number of nitrogens with one attached hydrogen (secondary N) is 3. The Morgan fingerprint density at radius 1 is 1.09 bits per heavy atom. The van der Waals surface area contributed by atoms with E-state index in [-0.39, 0.29) is 31.2 Å². The van der Waals surface area contributed by atoms with Crippen molar-refractivity contribution in [2.24, 2.45) is 5.92 Å². The molecule has 3 aromatic rings. The summed E-state index contributed by atoms with van der Waals surface area (Å²) in [4.78, 5) is 76.4. The number of amides is 4. The Morgan fingerprint density at radius 2 is 1.89 bits per heavy atom. The van der Waals surface area contributed by atoms with Crippen molar-refractivity contribution < 1.29 is 43.3 Å². The monoisotopic (exact) mass is 762 g/mol. The van der Waals surface area contributed by atoms with Crippen molar-refractivity contribution in [2.75, 3.05) is 19.0 Å². The fourth-order valence-electron chi connectivity index (χ4n) is 6.91. The lowest BCUT2D eigenvalue weighted by Crippen LogP contribution is -2.56. The molecule has 0 spiro atoms. The summed E-state index contributed by atoms with van der Waals surface area (Å²) in [7, 11) is 1.55. The second-order valence-electron chi connectivity index (χ2n) is 14.9. The first-order chi connectivity index (χ1) is 25.7. The van der Waals surface area contributed by atoms with Crippen LogP contribution in [0.2, 0.25) is 0 Å². The van der Waals surface area contributed by atoms with Crippen LogP contribution in [0.4, 0.5) is 9.93 Å². The van der Waals surface area contributed by atoms with Crippen LogP contribution in [-0.2, 0) is 23.9 Å². The fourth-order valence-corrected chi connectivity index (χ4v) is 7.66. The molecule has 15 nitrogen and oxygen atoms in total. The summed E-state index contributed by atoms with van der Waals surface area (Å²) < 4.78 is 17.6. The molecular formula is C38H46N6O9S. The van der Waals surface area contributed by atoms with Crippen molar-refractivity contribution >= 4 is 57.2 Å². The number of hydrogen-bond acceptors (Lipinski definition) is 11. The van der Waals surface area contributed by atoms with Crippen LogP contribution in [0, 0.1) is 5.92 Å². The molecule has 16 heteroatoms. The number of methoxy groups -OCH3 is 1. The Balaban J connectivity index is 1.34. The van der Waals surface area contributed by atoms with Gasteiger partial charge < -0.3 is 40.2 Å². The summed E-state index contributed by atoms with van der Waals surface area (Å²) in [6.07, 6.45) is 5.88. The number of fused-ring (bicyclic) bond motifs is 3. The lowest BCUT2D eigenvalue weighted by atomic mass is 10.0. The zero-order valence-corrected chi connectivity index (χ0v) is 31.8. The molecule has 4 N–H and O–H groups in total. The zero-order valence-electron chi connectivity index (χ0n) is 31.0. The van der Waals surface area contributed by atoms with Crippen molar-refractivity contribution in [1.82, 2.24) is 25.5 Å². The molecule has 5 atom stereocenters. The van der Waals surface area contributed by atoms with Crippen LogP contribution in [0.5, 0.6) is 11.5 Å². The van der Waals surface area contributed by atoms with E-state index in [9.17, 15) is 29.1 Å². The summed E-state index contributed by atoms with van der Waals surface area (Å²) in [6.45, 7) is 6.55. The first-order valence-corrected chi connectivity index (χ1v) is 18.9. The molecule has 3 aliphatic rings. The van der Waals surface area contributed by atoms with Gasteiger partial charge in [-0.25, -0.2) is 19.6 Å². The van der Waals surface area contributed by atoms with Gasteiger partial charge in [0.15, 0.2) is 5.13 Å². The maximum Gasteiger partial charge on any atom is 0.408 e. The second-order valence-corrected chi connectivity index (χ2v) is 15.8. The van der Waals surface area contributed by atoms with Crippen LogP contribution in [0.3, 0.4) is 0 Å². The molecule has 1 aromatic carbocycles. The van der Waals surface area contributed by atoms with Crippen LogP contribution < -0.4 is 25.4 Å². The molecule has 2 aromatic heterocycles. The van der Waals surface area contributed by atoms with E-state index in [1.807, 2.05) is 12.2 Å². The van der Waals surface area contributed by atoms with Gasteiger partial charge in [0.25, 0.3) is 0 Å². The van der Waals surface area contributed by atoms with Gasteiger partial charge >= 0.3 is 12.1 Å². The highest BCUT2D eigenvalue weighted by Gasteiger charge is 2.61. The number of pyridine rings is 1. The summed E-state index contributed by atoms with van der Waals surface area (Å²) in [6, 6.07) is 4.94. The van der Waals surface area contributed by atoms with Crippen molar-refractivity contribution in [3.05, 3.63) is 41.8 Å². The smallest absolute Gasteiger partial charge is 0.408 e. The van der Waals surface area contributed by atoms with Gasteiger partial charge in [-0.2, -0.15) is 0 Å². The van der Waals surface area contributed by atoms with E-state index in [2.05, 4.69) is 20.9 Å². The summed E-state index contributed by atoms with van der Waals surface area (Å²) in [5.74, 6) is -1.91. The number of alkyl carbamates (subject to hydrolysis) is 1. The molecular weight excluding hydrogens is 717 g/mol. The predicted molar refractivity (Wildman–Crippen MR) is 200 cm³/mol. The molecule has 288 valence electrons. The first kappa shape index (κ1) is 38.5. The highest BCUT2D eigenvalue weighted by Crippen LogP contribution is 2.45. The van der Waals surface area contributed by atoms with Crippen LogP contribution in [-0.4, -0.2) is 92.7 Å². The van der Waals surface area contributed by atoms with Crippen molar-refractivity contribution in [3.8, 4) is 22.9 Å². The quantitative estimate of drug-likeness (QED) is 0.235. The molecule has 6 rings (SSSR count). The Kier molecular flexibility index (Phi) is 11.1. The van der Waals surface area contributed by atoms with E-state index in [1.54, 1.807) is 57.5 Å². The van der Waals surface area contributed by atoms with Crippen molar-refractivity contribution in [1.29, 1.82) is 0 Å². The molecule has 2 aliphatic heterocycles. The van der Waals surface area contributed by atoms with Crippen LogP contribution in [0.25, 0.3) is 22.3 Å². The van der Waals surface area contributed by atoms with E-state index in [1.165, 1.54) is 23.2 Å². The van der Waals surface area contributed by atoms with Crippen molar-refractivity contribution in [3.63, 3.8) is 0 Å². The van der Waals surface area contributed by atoms with Crippen LogP contribution >= 0.6 is 11.3 Å². The molecule has 4 heterocycles. The topological polar surface area (TPSA) is 198 Å². The van der Waals surface area contributed by atoms with Crippen molar-refractivity contribution in [2.45, 2.75) is 102 Å². The van der Waals surface area contributed by atoms with Gasteiger partial charge in [0.2, 0.25) is 17.7 Å². The number of carboxylic acids is 1. The number of rotatable bonds is 7. The number of ether oxygens (including phenoxy) is 3. The number of thiazole rings is 1. The van der Waals surface area contributed by atoms with Gasteiger partial charge in [0.05, 0.1) is 24.9 Å². The third-order valence-corrected chi connectivity index (χ3v) is 10.4. The molecule has 0 bridgehead atoms. The molecule has 0 radical (unpaired) electrons. The number of carbonyl (C=O) groups is 5. The molecule has 2 fully saturated rings. The minimum absolute atomic E-state index is 0.0223. The van der Waals surface area contributed by atoms with Crippen LogP contribution in [0.1, 0.15) is 72.6 Å². The Morgan fingerprint density at radius 3 is 2.61 bits per heavy atom. The van der Waals surface area contributed by atoms with Gasteiger partial charge in [-0.3, -0.25) is 14.4 Å². The molecule has 54 heavy (non-hydrogen) atoms. The highest BCUT2D eigenvalue weighted by atomic mass is 32.1. The standard InChI is InChI=1S/C38H46N6O9S/c1-21(45)39-35-41-29(20-54-35)28-17-31(25-14-13-23(51-5)15-27(25)40-28)52-24-16-30-32(46)43-38(34(48)49)18-22(38)11-9-7-6-8-10-12-26(33(47)44(30)19-24)42-36(50)53-37(2,3)4/h9,11,13-15,17,20,22,24,26,30H,6-8,10,12,16,18-19H2,1-5H3,(H,42,50)(H,43,46)(H,48,49)(H,39,41,45)/t22?,24-,26+,30+,38-/m1/s1. The Hall–Kier alpha value is -5.25. The average molecular weight is 763 g/mol. The van der Waals surface area contributed by atoms with E-state index in [4.69, 9.17) is 19.2 Å². The van der Waals surface area contributed by atoms with E-state index in [0.29, 0.717) is 51.8 Å². The summed E-state index contributed by atoms with van der Waals surface area (Å²) >= 11 is 1.24. The number of anilines is 1. The molecule has 1 saturated heterocycles. The van der Waals surface area contributed by atoms with E-state index < -0.39 is 53.2 Å². The first-order valence-electron chi connectivity index (χ1n) is 18.1. The average Bonchev–Trinajstić information content (AvgIpc) is 3.38. The molecule has 1 unspecified atom stereocenters. The number of aromatic nitrogens is 2. The highest BCUT2D eigenvalue weighted by molar-refractivity contribution is 7.14. The number of carboxylic acid groups (broad SMARTS) is 1. The number of hydrogen-bond donors (Lipinski definition) is 4. The molecule has 4 amide bonds. The summed E-state index contributed by atoms with van der Waals surface area (Å²) in [5, 5.41) is 21.2. The SMILES string of the molecule is COc1ccc2c(O[C@@H]3C[C@H]4C(=O)N[C@]5(C(=O)O)CC5C=CCCCCC[C@H](NC(=O)OC(C)(C)C)C(=O)N4C3)cc(-c3csc(NC(C)=O)n3)nc2c1.